The fourth-order valence-corrected chi connectivity index (χ4v) is 1.89. The van der Waals surface area contributed by atoms with Gasteiger partial charge in [-0.25, -0.2) is 9.78 Å². The lowest BCUT2D eigenvalue weighted by Crippen LogP contribution is -2.13. The number of pyridine rings is 1. The maximum atomic E-state index is 11.4. The van der Waals surface area contributed by atoms with E-state index < -0.39 is 10.8 Å². The Labute approximate surface area is 109 Å². The lowest BCUT2D eigenvalue weighted by atomic mass is 10.3. The molecule has 0 aliphatic heterocycles. The number of esters is 1. The summed E-state index contributed by atoms with van der Waals surface area (Å²) in [5.41, 5.74) is 0.430. The summed E-state index contributed by atoms with van der Waals surface area (Å²) in [4.78, 5) is 15.5. The minimum Gasteiger partial charge on any atom is -0.462 e. The van der Waals surface area contributed by atoms with Crippen LogP contribution in [0, 0.1) is 0 Å². The largest absolute Gasteiger partial charge is 0.462 e. The highest BCUT2D eigenvalue weighted by molar-refractivity contribution is 7.84. The zero-order valence-corrected chi connectivity index (χ0v) is 11.5. The second kappa shape index (κ2) is 7.81. The second-order valence-electron chi connectivity index (χ2n) is 3.51. The van der Waals surface area contributed by atoms with Crippen LogP contribution in [-0.2, 0) is 15.5 Å². The summed E-state index contributed by atoms with van der Waals surface area (Å²) in [6.45, 7) is 4.60. The molecule has 0 radical (unpaired) electrons. The number of hydrogen-bond donors (Lipinski definition) is 1. The molecular weight excluding hydrogens is 252 g/mol. The highest BCUT2D eigenvalue weighted by Crippen LogP contribution is 2.06. The topological polar surface area (TPSA) is 68.3 Å². The fourth-order valence-electron chi connectivity index (χ4n) is 1.27. The predicted octanol–water partition coefficient (Wildman–Crippen LogP) is 1.44. The van der Waals surface area contributed by atoms with E-state index in [9.17, 15) is 9.00 Å². The number of hydrogen-bond acceptors (Lipinski definition) is 5. The van der Waals surface area contributed by atoms with Crippen LogP contribution < -0.4 is 5.32 Å². The Morgan fingerprint density at radius 3 is 2.78 bits per heavy atom. The van der Waals surface area contributed by atoms with Gasteiger partial charge in [0.25, 0.3) is 0 Å². The first-order valence-electron chi connectivity index (χ1n) is 5.89. The third kappa shape index (κ3) is 4.83. The van der Waals surface area contributed by atoms with Gasteiger partial charge in [-0.15, -0.1) is 0 Å². The van der Waals surface area contributed by atoms with Gasteiger partial charge in [0, 0.05) is 35.0 Å². The molecule has 1 aromatic rings. The van der Waals surface area contributed by atoms with E-state index in [1.807, 2.05) is 6.92 Å². The van der Waals surface area contributed by atoms with Crippen LogP contribution in [0.5, 0.6) is 0 Å². The van der Waals surface area contributed by atoms with E-state index in [1.165, 1.54) is 6.20 Å². The molecule has 0 saturated heterocycles. The van der Waals surface area contributed by atoms with E-state index in [0.29, 0.717) is 36.0 Å². The molecule has 18 heavy (non-hydrogen) atoms. The molecule has 0 spiro atoms. The number of nitrogens with one attached hydrogen (secondary N) is 1. The van der Waals surface area contributed by atoms with E-state index in [-0.39, 0.29) is 5.97 Å². The van der Waals surface area contributed by atoms with E-state index in [0.717, 1.165) is 0 Å². The average Bonchev–Trinajstić information content (AvgIpc) is 2.39. The lowest BCUT2D eigenvalue weighted by molar-refractivity contribution is 0.0526. The van der Waals surface area contributed by atoms with Crippen molar-refractivity contribution in [1.82, 2.24) is 4.98 Å². The van der Waals surface area contributed by atoms with Gasteiger partial charge in [-0.1, -0.05) is 6.92 Å². The lowest BCUT2D eigenvalue weighted by Gasteiger charge is -2.06. The van der Waals surface area contributed by atoms with Crippen molar-refractivity contribution >= 4 is 22.6 Å². The summed E-state index contributed by atoms with van der Waals surface area (Å²) in [5.74, 6) is 1.55. The van der Waals surface area contributed by atoms with Crippen LogP contribution in [0.2, 0.25) is 0 Å². The highest BCUT2D eigenvalue weighted by atomic mass is 32.2. The first-order chi connectivity index (χ1) is 8.67. The molecule has 1 heterocycles. The van der Waals surface area contributed by atoms with Crippen molar-refractivity contribution in [2.24, 2.45) is 0 Å². The summed E-state index contributed by atoms with van der Waals surface area (Å²) in [6.07, 6.45) is 1.47. The molecule has 1 rings (SSSR count). The van der Waals surface area contributed by atoms with Gasteiger partial charge in [0.2, 0.25) is 0 Å². The van der Waals surface area contributed by atoms with Crippen LogP contribution in [0.25, 0.3) is 0 Å². The number of ether oxygens (including phenoxy) is 1. The molecule has 6 heteroatoms. The Kier molecular flexibility index (Phi) is 6.35. The normalized spacial score (nSPS) is 11.9. The van der Waals surface area contributed by atoms with Crippen LogP contribution in [-0.4, -0.2) is 39.8 Å². The summed E-state index contributed by atoms with van der Waals surface area (Å²) >= 11 is 0. The minimum atomic E-state index is -0.779. The van der Waals surface area contributed by atoms with E-state index >= 15 is 0 Å². The number of carbonyl (C=O) groups is 1. The van der Waals surface area contributed by atoms with Gasteiger partial charge in [0.1, 0.15) is 5.82 Å². The van der Waals surface area contributed by atoms with Crippen molar-refractivity contribution in [3.8, 4) is 0 Å². The molecular formula is C12H18N2O3S. The van der Waals surface area contributed by atoms with E-state index in [1.54, 1.807) is 19.1 Å². The van der Waals surface area contributed by atoms with Crippen LogP contribution in [0.4, 0.5) is 5.82 Å². The molecule has 1 atom stereocenters. The van der Waals surface area contributed by atoms with Crippen LogP contribution in [0.1, 0.15) is 24.2 Å². The van der Waals surface area contributed by atoms with E-state index in [4.69, 9.17) is 4.74 Å². The maximum absolute atomic E-state index is 11.4. The van der Waals surface area contributed by atoms with Crippen LogP contribution in [0.3, 0.4) is 0 Å². The standard InChI is InChI=1S/C12H18N2O3S/c1-3-17-12(15)10-5-6-11(14-9-10)13-7-8-18(16)4-2/h5-6,9H,3-4,7-8H2,1-2H3,(H,13,14). The fraction of sp³-hybridized carbons (Fsp3) is 0.500. The average molecular weight is 270 g/mol. The molecule has 1 aromatic heterocycles. The molecule has 0 saturated carbocycles. The zero-order chi connectivity index (χ0) is 13.4. The van der Waals surface area contributed by atoms with Gasteiger partial charge in [0.05, 0.1) is 12.2 Å². The first kappa shape index (κ1) is 14.6. The van der Waals surface area contributed by atoms with Crippen molar-refractivity contribution in [2.75, 3.05) is 30.0 Å². The summed E-state index contributed by atoms with van der Waals surface area (Å²) in [7, 11) is -0.779. The van der Waals surface area contributed by atoms with Gasteiger partial charge < -0.3 is 10.1 Å². The molecule has 0 aliphatic carbocycles. The number of nitrogens with zero attached hydrogens (tertiary/aromatic N) is 1. The van der Waals surface area contributed by atoms with Crippen LogP contribution in [0.15, 0.2) is 18.3 Å². The second-order valence-corrected chi connectivity index (χ2v) is 5.38. The molecule has 0 fully saturated rings. The molecule has 0 bridgehead atoms. The number of rotatable bonds is 7. The minimum absolute atomic E-state index is 0.349. The predicted molar refractivity (Wildman–Crippen MR) is 72.2 cm³/mol. The zero-order valence-electron chi connectivity index (χ0n) is 10.6. The van der Waals surface area contributed by atoms with Gasteiger partial charge in [0.15, 0.2) is 0 Å². The van der Waals surface area contributed by atoms with Crippen LogP contribution >= 0.6 is 0 Å². The van der Waals surface area contributed by atoms with Gasteiger partial charge in [-0.05, 0) is 19.1 Å². The molecule has 5 nitrogen and oxygen atoms in total. The van der Waals surface area contributed by atoms with Gasteiger partial charge in [-0.2, -0.15) is 0 Å². The monoisotopic (exact) mass is 270 g/mol. The summed E-state index contributed by atoms with van der Waals surface area (Å²) < 4.78 is 16.1. The quantitative estimate of drug-likeness (QED) is 0.759. The molecule has 0 aliphatic rings. The van der Waals surface area contributed by atoms with Crippen molar-refractivity contribution in [1.29, 1.82) is 0 Å². The molecule has 1 unspecified atom stereocenters. The van der Waals surface area contributed by atoms with Gasteiger partial charge in [-0.3, -0.25) is 4.21 Å². The third-order valence-electron chi connectivity index (χ3n) is 2.23. The van der Waals surface area contributed by atoms with Crippen molar-refractivity contribution in [2.45, 2.75) is 13.8 Å². The van der Waals surface area contributed by atoms with Crippen molar-refractivity contribution < 1.29 is 13.7 Å². The summed E-state index contributed by atoms with van der Waals surface area (Å²) in [6, 6.07) is 3.37. The number of anilines is 1. The molecule has 0 amide bonds. The number of carbonyl (C=O) groups excluding carboxylic acids is 1. The molecule has 100 valence electrons. The SMILES string of the molecule is CCOC(=O)c1ccc(NCCS(=O)CC)nc1. The Hall–Kier alpha value is -1.43. The first-order valence-corrected chi connectivity index (χ1v) is 7.38. The molecule has 1 N–H and O–H groups in total. The van der Waals surface area contributed by atoms with Crippen molar-refractivity contribution in [3.63, 3.8) is 0 Å². The van der Waals surface area contributed by atoms with Crippen molar-refractivity contribution in [3.05, 3.63) is 23.9 Å². The maximum Gasteiger partial charge on any atom is 0.339 e. The number of aromatic nitrogens is 1. The van der Waals surface area contributed by atoms with Gasteiger partial charge >= 0.3 is 5.97 Å². The Bertz CT molecular complexity index is 406. The third-order valence-corrected chi connectivity index (χ3v) is 3.54. The smallest absolute Gasteiger partial charge is 0.339 e. The Balaban J connectivity index is 2.45. The molecule has 0 aromatic carbocycles. The summed E-state index contributed by atoms with van der Waals surface area (Å²) in [5, 5.41) is 3.05. The Morgan fingerprint density at radius 2 is 2.22 bits per heavy atom. The Morgan fingerprint density at radius 1 is 1.44 bits per heavy atom. The van der Waals surface area contributed by atoms with E-state index in [2.05, 4.69) is 10.3 Å². The highest BCUT2D eigenvalue weighted by Gasteiger charge is 2.06.